The van der Waals surface area contributed by atoms with Crippen molar-refractivity contribution in [2.45, 2.75) is 43.2 Å². The number of fused-ring (bicyclic) bond motifs is 1. The van der Waals surface area contributed by atoms with Crippen LogP contribution in [0.4, 0.5) is 4.39 Å². The summed E-state index contributed by atoms with van der Waals surface area (Å²) in [5.74, 6) is 0.789. The van der Waals surface area contributed by atoms with E-state index in [1.807, 2.05) is 30.0 Å². The Bertz CT molecular complexity index is 1170. The Balaban J connectivity index is 1.34. The molecule has 192 valence electrons. The molecule has 0 bridgehead atoms. The first-order chi connectivity index (χ1) is 17.4. The molecule has 1 saturated heterocycles. The summed E-state index contributed by atoms with van der Waals surface area (Å²) in [6, 6.07) is 15.6. The van der Waals surface area contributed by atoms with Crippen LogP contribution in [-0.2, 0) is 4.79 Å². The van der Waals surface area contributed by atoms with Crippen molar-refractivity contribution >= 4 is 40.2 Å². The number of nitrogens with zero attached hydrogens (tertiary/aromatic N) is 2. The molecule has 2 heterocycles. The summed E-state index contributed by atoms with van der Waals surface area (Å²) in [6.07, 6.45) is 2.53. The van der Waals surface area contributed by atoms with Gasteiger partial charge in [0.1, 0.15) is 11.9 Å². The van der Waals surface area contributed by atoms with E-state index < -0.39 is 17.6 Å². The number of ether oxygens (including phenoxy) is 1. The Morgan fingerprint density at radius 1 is 1.25 bits per heavy atom. The zero-order chi connectivity index (χ0) is 25.5. The van der Waals surface area contributed by atoms with Gasteiger partial charge in [-0.2, -0.15) is 0 Å². The van der Waals surface area contributed by atoms with Crippen molar-refractivity contribution in [3.63, 3.8) is 0 Å². The average molecular weight is 531 g/mol. The van der Waals surface area contributed by atoms with Gasteiger partial charge in [0.25, 0.3) is 0 Å². The highest BCUT2D eigenvalue weighted by atomic mass is 35.5. The number of pyridine rings is 1. The molecule has 1 atom stereocenters. The molecular weight excluding hydrogens is 499 g/mol. The van der Waals surface area contributed by atoms with Gasteiger partial charge >= 0.3 is 5.97 Å². The number of halogens is 2. The first-order valence-corrected chi connectivity index (χ1v) is 13.7. The standard InChI is InChI=1S/C28H32ClFN2O3S/c1-35-20-8-9-25-22(18-20)26(23(29)19-31-25)24(30)10-11-28(27(33)34)12-15-32(16-13-28)14-5-17-36-21-6-3-2-4-7-21/h2-4,6-9,18-19,24H,5,10-17H2,1H3,(H,33,34)/t24-/m1/s1. The monoisotopic (exact) mass is 530 g/mol. The summed E-state index contributed by atoms with van der Waals surface area (Å²) >= 11 is 8.20. The van der Waals surface area contributed by atoms with Crippen LogP contribution >= 0.6 is 23.4 Å². The zero-order valence-electron chi connectivity index (χ0n) is 20.5. The van der Waals surface area contributed by atoms with E-state index in [1.54, 1.807) is 25.3 Å². The second-order valence-electron chi connectivity index (χ2n) is 9.35. The predicted molar refractivity (Wildman–Crippen MR) is 144 cm³/mol. The number of alkyl halides is 1. The maximum absolute atomic E-state index is 15.6. The molecule has 8 heteroatoms. The second-order valence-corrected chi connectivity index (χ2v) is 10.9. The van der Waals surface area contributed by atoms with Crippen molar-refractivity contribution in [1.82, 2.24) is 9.88 Å². The first-order valence-electron chi connectivity index (χ1n) is 12.3. The molecule has 2 aromatic carbocycles. The van der Waals surface area contributed by atoms with Gasteiger partial charge in [0.15, 0.2) is 0 Å². The van der Waals surface area contributed by atoms with E-state index in [2.05, 4.69) is 22.0 Å². The summed E-state index contributed by atoms with van der Waals surface area (Å²) < 4.78 is 20.9. The Morgan fingerprint density at radius 2 is 2.00 bits per heavy atom. The van der Waals surface area contributed by atoms with Gasteiger partial charge in [0.05, 0.1) is 23.1 Å². The smallest absolute Gasteiger partial charge is 0.309 e. The lowest BCUT2D eigenvalue weighted by Gasteiger charge is -2.39. The van der Waals surface area contributed by atoms with Crippen LogP contribution in [0.5, 0.6) is 5.75 Å². The molecule has 0 saturated carbocycles. The molecule has 0 spiro atoms. The number of thioether (sulfide) groups is 1. The Morgan fingerprint density at radius 3 is 2.69 bits per heavy atom. The van der Waals surface area contributed by atoms with Gasteiger partial charge in [-0.25, -0.2) is 4.39 Å². The third kappa shape index (κ3) is 6.31. The summed E-state index contributed by atoms with van der Waals surface area (Å²) in [7, 11) is 1.55. The highest BCUT2D eigenvalue weighted by Gasteiger charge is 2.41. The van der Waals surface area contributed by atoms with Crippen molar-refractivity contribution in [2.24, 2.45) is 5.41 Å². The van der Waals surface area contributed by atoms with Gasteiger partial charge in [-0.15, -0.1) is 11.8 Å². The lowest BCUT2D eigenvalue weighted by atomic mass is 9.74. The number of methoxy groups -OCH3 is 1. The molecule has 0 amide bonds. The molecule has 1 aliphatic rings. The molecule has 0 unspecified atom stereocenters. The van der Waals surface area contributed by atoms with Gasteiger partial charge in [-0.3, -0.25) is 9.78 Å². The van der Waals surface area contributed by atoms with Crippen LogP contribution in [0.1, 0.15) is 43.8 Å². The molecule has 1 fully saturated rings. The lowest BCUT2D eigenvalue weighted by molar-refractivity contribution is -0.153. The van der Waals surface area contributed by atoms with Crippen molar-refractivity contribution < 1.29 is 19.0 Å². The number of aliphatic carboxylic acids is 1. The highest BCUT2D eigenvalue weighted by molar-refractivity contribution is 7.99. The number of likely N-dealkylation sites (tertiary alicyclic amines) is 1. The topological polar surface area (TPSA) is 62.7 Å². The minimum atomic E-state index is -1.39. The molecule has 0 radical (unpaired) electrons. The minimum absolute atomic E-state index is 0.0933. The quantitative estimate of drug-likeness (QED) is 0.212. The Kier molecular flexibility index (Phi) is 9.09. The fraction of sp³-hybridized carbons (Fsp3) is 0.429. The highest BCUT2D eigenvalue weighted by Crippen LogP contribution is 2.42. The van der Waals surface area contributed by atoms with Crippen LogP contribution in [0.25, 0.3) is 10.9 Å². The van der Waals surface area contributed by atoms with E-state index in [9.17, 15) is 9.90 Å². The van der Waals surface area contributed by atoms with Gasteiger partial charge in [0.2, 0.25) is 0 Å². The molecular formula is C28H32ClFN2O3S. The zero-order valence-corrected chi connectivity index (χ0v) is 22.0. The number of aromatic nitrogens is 1. The number of carbonyl (C=O) groups is 1. The average Bonchev–Trinajstić information content (AvgIpc) is 2.90. The molecule has 1 N–H and O–H groups in total. The number of carboxylic acid groups (broad SMARTS) is 1. The van der Waals surface area contributed by atoms with Crippen LogP contribution in [0.15, 0.2) is 59.6 Å². The molecule has 4 rings (SSSR count). The third-order valence-corrected chi connectivity index (χ3v) is 8.55. The van der Waals surface area contributed by atoms with E-state index in [-0.39, 0.29) is 17.9 Å². The summed E-state index contributed by atoms with van der Waals surface area (Å²) in [5.41, 5.74) is 0.0751. The van der Waals surface area contributed by atoms with Crippen LogP contribution in [-0.4, -0.2) is 53.5 Å². The molecule has 1 aliphatic heterocycles. The predicted octanol–water partition coefficient (Wildman–Crippen LogP) is 7.04. The van der Waals surface area contributed by atoms with E-state index >= 15 is 4.39 Å². The summed E-state index contributed by atoms with van der Waals surface area (Å²) in [6.45, 7) is 2.38. The fourth-order valence-electron chi connectivity index (χ4n) is 4.93. The molecule has 5 nitrogen and oxygen atoms in total. The Labute approximate surface area is 221 Å². The van der Waals surface area contributed by atoms with E-state index in [0.29, 0.717) is 35.1 Å². The maximum Gasteiger partial charge on any atom is 0.309 e. The lowest BCUT2D eigenvalue weighted by Crippen LogP contribution is -2.44. The van der Waals surface area contributed by atoms with Crippen LogP contribution in [0.3, 0.4) is 0 Å². The van der Waals surface area contributed by atoms with E-state index in [0.717, 1.165) is 31.8 Å². The molecule has 36 heavy (non-hydrogen) atoms. The van der Waals surface area contributed by atoms with Crippen molar-refractivity contribution in [3.05, 3.63) is 65.3 Å². The van der Waals surface area contributed by atoms with Gasteiger partial charge in [0, 0.05) is 22.0 Å². The summed E-state index contributed by atoms with van der Waals surface area (Å²) in [5, 5.41) is 10.9. The minimum Gasteiger partial charge on any atom is -0.497 e. The molecule has 0 aliphatic carbocycles. The van der Waals surface area contributed by atoms with Crippen molar-refractivity contribution in [1.29, 1.82) is 0 Å². The second kappa shape index (κ2) is 12.3. The number of piperidine rings is 1. The largest absolute Gasteiger partial charge is 0.497 e. The first kappa shape index (κ1) is 26.7. The fourth-order valence-corrected chi connectivity index (χ4v) is 6.06. The van der Waals surface area contributed by atoms with Gasteiger partial charge in [-0.1, -0.05) is 29.8 Å². The SMILES string of the molecule is COc1ccc2ncc(Cl)c([C@H](F)CCC3(C(=O)O)CCN(CCCSc4ccccc4)CC3)c2c1. The number of benzene rings is 2. The van der Waals surface area contributed by atoms with Gasteiger partial charge in [-0.05, 0) is 87.8 Å². The normalized spacial score (nSPS) is 16.6. The van der Waals surface area contributed by atoms with E-state index in [4.69, 9.17) is 16.3 Å². The summed E-state index contributed by atoms with van der Waals surface area (Å²) in [4.78, 5) is 20.2. The van der Waals surface area contributed by atoms with Crippen LogP contribution in [0.2, 0.25) is 5.02 Å². The molecule has 1 aromatic heterocycles. The van der Waals surface area contributed by atoms with E-state index in [1.165, 1.54) is 11.1 Å². The maximum atomic E-state index is 15.6. The Hall–Kier alpha value is -2.35. The number of hydrogen-bond donors (Lipinski definition) is 1. The molecule has 3 aromatic rings. The van der Waals surface area contributed by atoms with Crippen molar-refractivity contribution in [3.8, 4) is 5.75 Å². The number of rotatable bonds is 11. The van der Waals surface area contributed by atoms with Crippen LogP contribution in [0, 0.1) is 5.41 Å². The van der Waals surface area contributed by atoms with Crippen LogP contribution < -0.4 is 4.74 Å². The third-order valence-electron chi connectivity index (χ3n) is 7.16. The number of hydrogen-bond acceptors (Lipinski definition) is 5. The van der Waals surface area contributed by atoms with Gasteiger partial charge < -0.3 is 14.7 Å². The number of carboxylic acids is 1. The van der Waals surface area contributed by atoms with Crippen molar-refractivity contribution in [2.75, 3.05) is 32.5 Å².